The Hall–Kier alpha value is -12.3. The van der Waals surface area contributed by atoms with Crippen LogP contribution >= 0.6 is 75.3 Å². The minimum absolute atomic E-state index is 0. The summed E-state index contributed by atoms with van der Waals surface area (Å²) in [6.45, 7) is 1.95. The minimum atomic E-state index is -1.01. The Morgan fingerprint density at radius 1 is 0.221 bits per heavy atom. The Morgan fingerprint density at radius 2 is 0.343 bits per heavy atom. The fourth-order valence-electron chi connectivity index (χ4n) is 10.7. The van der Waals surface area contributed by atoms with Gasteiger partial charge in [-0.15, -0.1) is 0 Å². The summed E-state index contributed by atoms with van der Waals surface area (Å²) in [5.74, 6) is -8.08. The zero-order chi connectivity index (χ0) is 97.5. The molecule has 0 fully saturated rings. The van der Waals surface area contributed by atoms with Gasteiger partial charge in [-0.25, -0.2) is 33.6 Å². The van der Waals surface area contributed by atoms with Crippen molar-refractivity contribution in [2.45, 2.75) is 14.4 Å². The van der Waals surface area contributed by atoms with E-state index in [-0.39, 0.29) is 212 Å². The number of halogens is 5. The van der Waals surface area contributed by atoms with Crippen molar-refractivity contribution in [1.29, 1.82) is 0 Å². The third kappa shape index (κ3) is 42.8. The average Bonchev–Trinajstić information content (AvgIpc) is 0.859. The monoisotopic (exact) mass is 2180 g/mol. The van der Waals surface area contributed by atoms with Gasteiger partial charge in [-0.1, -0.05) is 100 Å². The van der Waals surface area contributed by atoms with Crippen LogP contribution in [0.25, 0.3) is 0 Å². The summed E-state index contributed by atoms with van der Waals surface area (Å²) in [6.07, 6.45) is 0. The molecule has 0 aliphatic heterocycles. The molecule has 0 radical (unpaired) electrons. The Balaban J connectivity index is 0.000000548. The molecule has 686 valence electrons. The van der Waals surface area contributed by atoms with Crippen molar-refractivity contribution >= 4 is 236 Å². The largest absolute Gasteiger partial charge is 2.00 e. The molecule has 0 heterocycles. The molecule has 0 aromatic heterocycles. The van der Waals surface area contributed by atoms with E-state index in [2.05, 4.69) is 101 Å². The molecule has 0 saturated heterocycles. The van der Waals surface area contributed by atoms with Crippen LogP contribution in [0.4, 0.5) is 39.8 Å². The van der Waals surface area contributed by atoms with E-state index in [1.165, 1.54) is 109 Å². The van der Waals surface area contributed by atoms with E-state index in [1.807, 2.05) is 31.2 Å². The molecule has 0 aliphatic carbocycles. The number of anilines is 7. The molecule has 0 spiro atoms. The van der Waals surface area contributed by atoms with Gasteiger partial charge in [0.25, 0.3) is 41.4 Å². The average molecular weight is 2180 g/mol. The molecule has 0 aliphatic rings. The molecular weight excluding hydrogens is 2100 g/mol. The van der Waals surface area contributed by atoms with E-state index in [4.69, 9.17) is 52.1 Å². The number of carboxylic acids is 7. The van der Waals surface area contributed by atoms with Gasteiger partial charge in [-0.05, 0) is 335 Å². The van der Waals surface area contributed by atoms with E-state index in [0.717, 1.165) is 23.5 Å². The number of carboxylic acid groups (broad SMARTS) is 7. The maximum absolute atomic E-state index is 12.0. The first-order valence-corrected chi connectivity index (χ1v) is 42.5. The van der Waals surface area contributed by atoms with Gasteiger partial charge in [0, 0.05) is 102 Å². The molecule has 14 rings (SSSR count). The van der Waals surface area contributed by atoms with Crippen LogP contribution in [0.2, 0.25) is 5.02 Å². The second kappa shape index (κ2) is 63.4. The molecule has 39 heteroatoms. The summed E-state index contributed by atoms with van der Waals surface area (Å²) in [4.78, 5) is 158. The molecule has 29 nitrogen and oxygen atoms in total. The molecule has 0 saturated carbocycles. The maximum Gasteiger partial charge on any atom is 2.00 e. The SMILES string of the molecule is C.COc1ccc(C(=O)Nc2ccc(C(=O)O)cc2)cc1.Cc1ccc(C(=O)Nc2ccc(C(=O)O)cc2)cc1.O=C(O)c1ccc(C(=O)Nc2ccc(Br)cc2)cc1.O=C(O)c1ccc(NC(=O)c2ccc(Br)cc2)cc1.O=C(O)c1ccc(NC(=O)c2ccc(Br)cc2)cc1.O=C(O)c1ccc(NC(=O)c2ccc(Br)cc2)cc1.O=C(O)c1ccc(NC(=O)c2ccc(Cl)cc2)cc1.[Ca+2].[Li+].[Li+].[Li+].[Na+]. The number of carbonyl (C=O) groups excluding carboxylic acids is 7. The predicted octanol–water partition coefficient (Wildman–Crippen LogP) is 10.8. The second-order valence-electron chi connectivity index (χ2n) is 27.5. The maximum atomic E-state index is 12.0. The molecule has 140 heavy (non-hydrogen) atoms. The van der Waals surface area contributed by atoms with Gasteiger partial charge >= 0.3 is 166 Å². The van der Waals surface area contributed by atoms with Crippen molar-refractivity contribution in [2.75, 3.05) is 44.3 Å². The molecule has 0 atom stereocenters. The third-order valence-corrected chi connectivity index (χ3v) is 20.3. The number of hydrogen-bond donors (Lipinski definition) is 14. The van der Waals surface area contributed by atoms with Gasteiger partial charge in [-0.3, -0.25) is 33.6 Å². The number of benzene rings is 14. The number of methoxy groups -OCH3 is 1. The van der Waals surface area contributed by atoms with Gasteiger partial charge in [0.05, 0.1) is 46.1 Å². The smallest absolute Gasteiger partial charge is 0.497 e. The third-order valence-electron chi connectivity index (χ3n) is 17.9. The van der Waals surface area contributed by atoms with Crippen LogP contribution in [0.5, 0.6) is 5.75 Å². The van der Waals surface area contributed by atoms with Gasteiger partial charge in [0.15, 0.2) is 0 Å². The fraction of sp³-hybridized carbons (Fsp3) is 0.0297. The molecule has 0 bridgehead atoms. The van der Waals surface area contributed by atoms with E-state index in [0.29, 0.717) is 89.5 Å². The van der Waals surface area contributed by atoms with Crippen LogP contribution < -0.4 is 128 Å². The van der Waals surface area contributed by atoms with Crippen LogP contribution in [0.1, 0.15) is 158 Å². The minimum Gasteiger partial charge on any atom is -0.497 e. The molecule has 14 N–H and O–H groups in total. The summed E-state index contributed by atoms with van der Waals surface area (Å²) >= 11 is 18.9. The van der Waals surface area contributed by atoms with Crippen LogP contribution in [-0.4, -0.2) is 164 Å². The molecule has 0 unspecified atom stereocenters. The number of carbonyl (C=O) groups is 14. The first-order chi connectivity index (χ1) is 63.9. The first-order valence-electron chi connectivity index (χ1n) is 39.0. The van der Waals surface area contributed by atoms with E-state index in [1.54, 1.807) is 213 Å². The van der Waals surface area contributed by atoms with Crippen LogP contribution in [-0.2, 0) is 0 Å². The second-order valence-corrected chi connectivity index (χ2v) is 31.6. The fourth-order valence-corrected chi connectivity index (χ4v) is 11.9. The van der Waals surface area contributed by atoms with Gasteiger partial charge in [-0.2, -0.15) is 0 Å². The molecule has 14 aromatic carbocycles. The number of aromatic carboxylic acids is 7. The number of nitrogens with one attached hydrogen (secondary N) is 7. The van der Waals surface area contributed by atoms with Gasteiger partial charge in [0.2, 0.25) is 0 Å². The van der Waals surface area contributed by atoms with Crippen molar-refractivity contribution in [3.05, 3.63) is 446 Å². The topological polar surface area (TPSA) is 474 Å². The number of ether oxygens (including phenoxy) is 1. The summed E-state index contributed by atoms with van der Waals surface area (Å²) in [5, 5.41) is 80.8. The van der Waals surface area contributed by atoms with E-state index < -0.39 is 41.8 Å². The summed E-state index contributed by atoms with van der Waals surface area (Å²) in [7, 11) is 1.55. The van der Waals surface area contributed by atoms with Crippen LogP contribution in [0.15, 0.2) is 358 Å². The number of aryl methyl sites for hydroxylation is 1. The molecule has 14 aromatic rings. The normalized spacial score (nSPS) is 9.51. The predicted molar refractivity (Wildman–Crippen MR) is 534 cm³/mol. The Labute approximate surface area is 929 Å². The van der Waals surface area contributed by atoms with E-state index >= 15 is 0 Å². The van der Waals surface area contributed by atoms with Crippen LogP contribution in [0, 0.1) is 6.92 Å². The quantitative estimate of drug-likeness (QED) is 0.0280. The first kappa shape index (κ1) is 124. The summed E-state index contributed by atoms with van der Waals surface area (Å²) < 4.78 is 8.64. The summed E-state index contributed by atoms with van der Waals surface area (Å²) in [5.41, 5.74) is 9.83. The number of rotatable bonds is 22. The number of hydrogen-bond acceptors (Lipinski definition) is 15. The van der Waals surface area contributed by atoms with Crippen molar-refractivity contribution in [3.63, 3.8) is 0 Å². The Bertz CT molecular complexity index is 5860. The van der Waals surface area contributed by atoms with E-state index in [9.17, 15) is 67.1 Å². The zero-order valence-corrected chi connectivity index (χ0v) is 86.0. The van der Waals surface area contributed by atoms with Gasteiger partial charge in [0.1, 0.15) is 5.75 Å². The van der Waals surface area contributed by atoms with Crippen molar-refractivity contribution in [1.82, 2.24) is 0 Å². The van der Waals surface area contributed by atoms with Gasteiger partial charge < -0.3 is 77.7 Å². The van der Waals surface area contributed by atoms with Crippen LogP contribution in [0.3, 0.4) is 0 Å². The molecular formula is C101H80Br4CaClLi3N7NaO22+6. The Morgan fingerprint density at radius 3 is 0.507 bits per heavy atom. The van der Waals surface area contributed by atoms with Crippen molar-refractivity contribution < 1.29 is 194 Å². The van der Waals surface area contributed by atoms with Crippen molar-refractivity contribution in [2.24, 2.45) is 0 Å². The standard InChI is InChI=1S/C15H13NO4.C15H13NO3.4C14H10BrNO3.C14H10ClNO3.CH4.Ca.3Li.Na/c1-20-13-8-4-10(5-9-13)14(17)16-12-6-2-11(3-7-12)15(18)19;1-10-2-4-11(5-3-10)14(17)16-13-8-6-12(7-9-13)15(18)19;3*15-11-5-1-9(2-6-11)13(17)16-12-7-3-10(4-8-12)14(18)19;15-11-5-7-12(8-6-11)16-13(17)9-1-3-10(4-2-9)14(18)19;15-11-5-1-9(2-6-11)13(17)16-12-7-3-10(4-8-12)14(18)19;;;;;;/h2-9H,1H3,(H,16,17)(H,18,19);2-9H,1H3,(H,16,17)(H,18,19);5*1-8H,(H,16,17)(H,18,19);1H4;;;;;/q;;;;;;;;+2;4*+1. The number of amides is 7. The Kier molecular flexibility index (Phi) is 56.1. The van der Waals surface area contributed by atoms with Crippen molar-refractivity contribution in [3.8, 4) is 5.75 Å². The zero-order valence-electron chi connectivity index (χ0n) is 74.7. The summed E-state index contributed by atoms with van der Waals surface area (Å²) in [6, 6.07) is 90.2. The molecule has 7 amide bonds.